The molecule has 4 rings (SSSR count). The molecule has 6 heteroatoms. The van der Waals surface area contributed by atoms with E-state index >= 15 is 0 Å². The summed E-state index contributed by atoms with van der Waals surface area (Å²) in [6.07, 6.45) is 5.37. The van der Waals surface area contributed by atoms with Gasteiger partial charge in [-0.2, -0.15) is 4.98 Å². The molecule has 1 aromatic rings. The van der Waals surface area contributed by atoms with Crippen LogP contribution in [0.25, 0.3) is 0 Å². The fraction of sp³-hybridized carbons (Fsp3) is 0.867. The molecule has 2 N–H and O–H groups in total. The predicted molar refractivity (Wildman–Crippen MR) is 76.7 cm³/mol. The smallest absolute Gasteiger partial charge is 0.230 e. The lowest BCUT2D eigenvalue weighted by atomic mass is 10.0. The van der Waals surface area contributed by atoms with E-state index < -0.39 is 0 Å². The third kappa shape index (κ3) is 2.72. The third-order valence-electron chi connectivity index (χ3n) is 5.29. The van der Waals surface area contributed by atoms with E-state index in [0.717, 1.165) is 50.6 Å². The van der Waals surface area contributed by atoms with Gasteiger partial charge >= 0.3 is 0 Å². The van der Waals surface area contributed by atoms with Crippen LogP contribution >= 0.6 is 0 Å². The fourth-order valence-electron chi connectivity index (χ4n) is 4.04. The van der Waals surface area contributed by atoms with Crippen LogP contribution in [-0.4, -0.2) is 47.9 Å². The SMILES string of the molecule is NC(CN1CCOCC1)c1noc(C2C3CCCCC32)n1. The summed E-state index contributed by atoms with van der Waals surface area (Å²) in [6, 6.07) is -0.165. The maximum atomic E-state index is 6.24. The standard InChI is InChI=1S/C15H24N4O2/c16-12(9-19-5-7-20-8-6-19)14-17-15(21-18-14)13-10-3-1-2-4-11(10)13/h10-13H,1-9,16H2. The van der Waals surface area contributed by atoms with Crippen LogP contribution in [0.5, 0.6) is 0 Å². The summed E-state index contributed by atoms with van der Waals surface area (Å²) in [5, 5.41) is 4.13. The normalized spacial score (nSPS) is 34.4. The van der Waals surface area contributed by atoms with Gasteiger partial charge in [0.15, 0.2) is 5.82 Å². The van der Waals surface area contributed by atoms with Gasteiger partial charge < -0.3 is 15.0 Å². The van der Waals surface area contributed by atoms with Crippen molar-refractivity contribution in [2.75, 3.05) is 32.8 Å². The molecule has 116 valence electrons. The average molecular weight is 292 g/mol. The van der Waals surface area contributed by atoms with E-state index in [1.807, 2.05) is 0 Å². The van der Waals surface area contributed by atoms with Crippen molar-refractivity contribution in [2.45, 2.75) is 37.6 Å². The van der Waals surface area contributed by atoms with E-state index in [0.29, 0.717) is 11.7 Å². The van der Waals surface area contributed by atoms with Gasteiger partial charge in [0, 0.05) is 25.6 Å². The molecule has 0 spiro atoms. The predicted octanol–water partition coefficient (Wildman–Crippen LogP) is 1.31. The molecule has 3 unspecified atom stereocenters. The maximum absolute atomic E-state index is 6.24. The number of morpholine rings is 1. The number of aromatic nitrogens is 2. The van der Waals surface area contributed by atoms with Crippen LogP contribution in [0.1, 0.15) is 49.4 Å². The molecule has 1 saturated heterocycles. The zero-order valence-corrected chi connectivity index (χ0v) is 12.4. The van der Waals surface area contributed by atoms with Gasteiger partial charge in [0.05, 0.1) is 19.3 Å². The molecule has 21 heavy (non-hydrogen) atoms. The Kier molecular flexibility index (Phi) is 3.69. The summed E-state index contributed by atoms with van der Waals surface area (Å²) in [5.41, 5.74) is 6.24. The van der Waals surface area contributed by atoms with Crippen LogP contribution in [-0.2, 0) is 4.74 Å². The zero-order chi connectivity index (χ0) is 14.2. The van der Waals surface area contributed by atoms with Crippen molar-refractivity contribution in [3.63, 3.8) is 0 Å². The molecule has 3 atom stereocenters. The first kappa shape index (κ1) is 13.7. The maximum Gasteiger partial charge on any atom is 0.230 e. The second kappa shape index (κ2) is 5.66. The molecule has 3 fully saturated rings. The number of rotatable bonds is 4. The molecule has 1 aliphatic heterocycles. The minimum atomic E-state index is -0.165. The van der Waals surface area contributed by atoms with Crippen molar-refractivity contribution in [1.29, 1.82) is 0 Å². The lowest BCUT2D eigenvalue weighted by molar-refractivity contribution is 0.0348. The Balaban J connectivity index is 1.37. The second-order valence-corrected chi connectivity index (χ2v) is 6.65. The second-order valence-electron chi connectivity index (χ2n) is 6.65. The van der Waals surface area contributed by atoms with Gasteiger partial charge in [-0.1, -0.05) is 18.0 Å². The Hall–Kier alpha value is -0.980. The topological polar surface area (TPSA) is 77.4 Å². The summed E-state index contributed by atoms with van der Waals surface area (Å²) >= 11 is 0. The van der Waals surface area contributed by atoms with Crippen molar-refractivity contribution < 1.29 is 9.26 Å². The lowest BCUT2D eigenvalue weighted by Crippen LogP contribution is -2.40. The molecule has 2 aliphatic carbocycles. The van der Waals surface area contributed by atoms with Crippen LogP contribution in [0.3, 0.4) is 0 Å². The summed E-state index contributed by atoms with van der Waals surface area (Å²) in [7, 11) is 0. The number of hydrogen-bond acceptors (Lipinski definition) is 6. The molecule has 1 aromatic heterocycles. The lowest BCUT2D eigenvalue weighted by Gasteiger charge is -2.27. The Morgan fingerprint density at radius 3 is 2.62 bits per heavy atom. The average Bonchev–Trinajstić information content (AvgIpc) is 3.04. The molecular weight excluding hydrogens is 268 g/mol. The van der Waals surface area contributed by atoms with E-state index in [-0.39, 0.29) is 6.04 Å². The van der Waals surface area contributed by atoms with Gasteiger partial charge in [-0.3, -0.25) is 4.90 Å². The van der Waals surface area contributed by atoms with Gasteiger partial charge in [-0.05, 0) is 24.7 Å². The van der Waals surface area contributed by atoms with Crippen molar-refractivity contribution in [1.82, 2.24) is 15.0 Å². The van der Waals surface area contributed by atoms with E-state index in [9.17, 15) is 0 Å². The molecule has 0 aromatic carbocycles. The third-order valence-corrected chi connectivity index (χ3v) is 5.29. The molecular formula is C15H24N4O2. The Morgan fingerprint density at radius 1 is 1.19 bits per heavy atom. The molecule has 2 saturated carbocycles. The zero-order valence-electron chi connectivity index (χ0n) is 12.4. The first-order chi connectivity index (χ1) is 10.3. The van der Waals surface area contributed by atoms with E-state index in [1.54, 1.807) is 0 Å². The quantitative estimate of drug-likeness (QED) is 0.901. The van der Waals surface area contributed by atoms with Crippen LogP contribution in [0, 0.1) is 11.8 Å². The van der Waals surface area contributed by atoms with Gasteiger partial charge in [0.2, 0.25) is 5.89 Å². The number of hydrogen-bond donors (Lipinski definition) is 1. The monoisotopic (exact) mass is 292 g/mol. The first-order valence-electron chi connectivity index (χ1n) is 8.22. The molecule has 3 aliphatic rings. The van der Waals surface area contributed by atoms with E-state index in [4.69, 9.17) is 15.0 Å². The largest absolute Gasteiger partial charge is 0.379 e. The molecule has 0 bridgehead atoms. The summed E-state index contributed by atoms with van der Waals surface area (Å²) < 4.78 is 10.9. The number of fused-ring (bicyclic) bond motifs is 1. The Bertz CT molecular complexity index is 474. The van der Waals surface area contributed by atoms with Crippen molar-refractivity contribution in [2.24, 2.45) is 17.6 Å². The highest BCUT2D eigenvalue weighted by Gasteiger charge is 2.54. The Labute approximate surface area is 125 Å². The number of nitrogens with two attached hydrogens (primary N) is 1. The van der Waals surface area contributed by atoms with Crippen molar-refractivity contribution in [3.8, 4) is 0 Å². The van der Waals surface area contributed by atoms with Crippen molar-refractivity contribution in [3.05, 3.63) is 11.7 Å². The van der Waals surface area contributed by atoms with Gasteiger partial charge in [-0.25, -0.2) is 0 Å². The molecule has 6 nitrogen and oxygen atoms in total. The number of nitrogens with zero attached hydrogens (tertiary/aromatic N) is 3. The summed E-state index contributed by atoms with van der Waals surface area (Å²) in [6.45, 7) is 4.22. The number of ether oxygens (including phenoxy) is 1. The van der Waals surface area contributed by atoms with Crippen LogP contribution in [0.2, 0.25) is 0 Å². The first-order valence-corrected chi connectivity index (χ1v) is 8.22. The fourth-order valence-corrected chi connectivity index (χ4v) is 4.04. The van der Waals surface area contributed by atoms with Gasteiger partial charge in [0.1, 0.15) is 0 Å². The van der Waals surface area contributed by atoms with Crippen molar-refractivity contribution >= 4 is 0 Å². The minimum absolute atomic E-state index is 0.165. The highest BCUT2D eigenvalue weighted by atomic mass is 16.5. The minimum Gasteiger partial charge on any atom is -0.379 e. The molecule has 0 amide bonds. The highest BCUT2D eigenvalue weighted by molar-refractivity contribution is 5.15. The Morgan fingerprint density at radius 2 is 1.90 bits per heavy atom. The molecule has 0 radical (unpaired) electrons. The highest BCUT2D eigenvalue weighted by Crippen LogP contribution is 2.60. The summed E-state index contributed by atoms with van der Waals surface area (Å²) in [4.78, 5) is 6.91. The van der Waals surface area contributed by atoms with Gasteiger partial charge in [-0.15, -0.1) is 0 Å². The summed E-state index contributed by atoms with van der Waals surface area (Å²) in [5.74, 6) is 3.61. The van der Waals surface area contributed by atoms with Crippen LogP contribution < -0.4 is 5.73 Å². The molecule has 2 heterocycles. The van der Waals surface area contributed by atoms with Gasteiger partial charge in [0.25, 0.3) is 0 Å². The van der Waals surface area contributed by atoms with Crippen LogP contribution in [0.4, 0.5) is 0 Å². The van der Waals surface area contributed by atoms with Crippen LogP contribution in [0.15, 0.2) is 4.52 Å². The van der Waals surface area contributed by atoms with E-state index in [2.05, 4.69) is 15.0 Å². The van der Waals surface area contributed by atoms with E-state index in [1.165, 1.54) is 25.7 Å².